The van der Waals surface area contributed by atoms with Gasteiger partial charge in [0.15, 0.2) is 0 Å². The van der Waals surface area contributed by atoms with Crippen LogP contribution in [0.5, 0.6) is 0 Å². The maximum atomic E-state index is 4.34. The van der Waals surface area contributed by atoms with Gasteiger partial charge in [-0.15, -0.1) is 0 Å². The van der Waals surface area contributed by atoms with Gasteiger partial charge in [-0.05, 0) is 55.5 Å². The summed E-state index contributed by atoms with van der Waals surface area (Å²) in [5, 5.41) is 0. The molecular formula is C22H27+. The van der Waals surface area contributed by atoms with Gasteiger partial charge in [0.25, 0.3) is 0 Å². The van der Waals surface area contributed by atoms with Crippen LogP contribution in [0.1, 0.15) is 50.9 Å². The van der Waals surface area contributed by atoms with E-state index in [0.29, 0.717) is 0 Å². The van der Waals surface area contributed by atoms with Crippen molar-refractivity contribution in [2.75, 3.05) is 0 Å². The SMILES string of the molecule is C=C(C[CH+]c1c(C)cc(C)cc1C)c1c(C)cc(C)cc1C. The highest BCUT2D eigenvalue weighted by atomic mass is 14.1. The maximum Gasteiger partial charge on any atom is 0.135 e. The lowest BCUT2D eigenvalue weighted by atomic mass is 9.89. The minimum absolute atomic E-state index is 0.898. The maximum absolute atomic E-state index is 4.34. The minimum atomic E-state index is 0.898. The van der Waals surface area contributed by atoms with Gasteiger partial charge in [-0.1, -0.05) is 24.3 Å². The Balaban J connectivity index is 2.21. The Hall–Kier alpha value is -1.95. The summed E-state index contributed by atoms with van der Waals surface area (Å²) >= 11 is 0. The van der Waals surface area contributed by atoms with Gasteiger partial charge in [0.05, 0.1) is 11.1 Å². The molecule has 2 aromatic rings. The van der Waals surface area contributed by atoms with Crippen LogP contribution >= 0.6 is 0 Å². The zero-order valence-corrected chi connectivity index (χ0v) is 14.8. The number of benzene rings is 2. The zero-order chi connectivity index (χ0) is 16.4. The monoisotopic (exact) mass is 291 g/mol. The van der Waals surface area contributed by atoms with Crippen LogP contribution in [0.15, 0.2) is 30.8 Å². The highest BCUT2D eigenvalue weighted by Crippen LogP contribution is 2.29. The molecule has 0 aliphatic heterocycles. The predicted octanol–water partition coefficient (Wildman–Crippen LogP) is 6.19. The van der Waals surface area contributed by atoms with Crippen LogP contribution in [-0.2, 0) is 0 Å². The fourth-order valence-electron chi connectivity index (χ4n) is 3.58. The molecule has 0 atom stereocenters. The molecular weight excluding hydrogens is 264 g/mol. The first-order valence-corrected chi connectivity index (χ1v) is 7.96. The van der Waals surface area contributed by atoms with Gasteiger partial charge in [0.2, 0.25) is 0 Å². The van der Waals surface area contributed by atoms with Crippen molar-refractivity contribution in [1.82, 2.24) is 0 Å². The third-order valence-electron chi connectivity index (χ3n) is 4.32. The van der Waals surface area contributed by atoms with Gasteiger partial charge in [0, 0.05) is 38.8 Å². The summed E-state index contributed by atoms with van der Waals surface area (Å²) in [4.78, 5) is 0. The number of hydrogen-bond donors (Lipinski definition) is 0. The van der Waals surface area contributed by atoms with Gasteiger partial charge in [-0.25, -0.2) is 0 Å². The van der Waals surface area contributed by atoms with E-state index in [9.17, 15) is 0 Å². The van der Waals surface area contributed by atoms with Crippen LogP contribution in [0.25, 0.3) is 5.57 Å². The Kier molecular flexibility index (Phi) is 4.81. The normalized spacial score (nSPS) is 10.6. The van der Waals surface area contributed by atoms with Crippen LogP contribution in [0.4, 0.5) is 0 Å². The molecule has 2 rings (SSSR count). The molecule has 0 heteroatoms. The van der Waals surface area contributed by atoms with E-state index in [1.54, 1.807) is 0 Å². The first kappa shape index (κ1) is 16.4. The van der Waals surface area contributed by atoms with Crippen molar-refractivity contribution in [3.63, 3.8) is 0 Å². The lowest BCUT2D eigenvalue weighted by molar-refractivity contribution is 1.16. The van der Waals surface area contributed by atoms with E-state index in [1.165, 1.54) is 50.1 Å². The molecule has 0 bridgehead atoms. The van der Waals surface area contributed by atoms with Crippen molar-refractivity contribution in [3.05, 3.63) is 81.8 Å². The summed E-state index contributed by atoms with van der Waals surface area (Å²) in [5.41, 5.74) is 11.9. The van der Waals surface area contributed by atoms with Crippen LogP contribution in [-0.4, -0.2) is 0 Å². The van der Waals surface area contributed by atoms with Gasteiger partial charge < -0.3 is 0 Å². The van der Waals surface area contributed by atoms with Gasteiger partial charge in [0.1, 0.15) is 5.56 Å². The first-order chi connectivity index (χ1) is 10.3. The molecule has 0 amide bonds. The smallest absolute Gasteiger partial charge is 0.0937 e. The summed E-state index contributed by atoms with van der Waals surface area (Å²) in [6.07, 6.45) is 3.22. The molecule has 0 aliphatic rings. The molecule has 0 aromatic heterocycles. The number of aryl methyl sites for hydroxylation is 6. The third kappa shape index (κ3) is 3.44. The Labute approximate surface area is 135 Å². The highest BCUT2D eigenvalue weighted by molar-refractivity contribution is 5.71. The summed E-state index contributed by atoms with van der Waals surface area (Å²) in [6.45, 7) is 17.4. The highest BCUT2D eigenvalue weighted by Gasteiger charge is 2.15. The molecule has 0 spiro atoms. The van der Waals surface area contributed by atoms with Crippen molar-refractivity contribution in [1.29, 1.82) is 0 Å². The number of rotatable bonds is 4. The lowest BCUT2D eigenvalue weighted by Gasteiger charge is -2.13. The first-order valence-electron chi connectivity index (χ1n) is 7.96. The number of hydrogen-bond acceptors (Lipinski definition) is 0. The van der Waals surface area contributed by atoms with Crippen LogP contribution in [0.3, 0.4) is 0 Å². The van der Waals surface area contributed by atoms with E-state index in [-0.39, 0.29) is 0 Å². The average molecular weight is 291 g/mol. The van der Waals surface area contributed by atoms with Crippen molar-refractivity contribution >= 4 is 5.57 Å². The van der Waals surface area contributed by atoms with E-state index in [2.05, 4.69) is 78.8 Å². The topological polar surface area (TPSA) is 0 Å². The third-order valence-corrected chi connectivity index (χ3v) is 4.32. The van der Waals surface area contributed by atoms with Gasteiger partial charge in [-0.2, -0.15) is 0 Å². The lowest BCUT2D eigenvalue weighted by Crippen LogP contribution is -1.97. The Bertz CT molecular complexity index is 671. The molecule has 0 fully saturated rings. The van der Waals surface area contributed by atoms with Gasteiger partial charge >= 0.3 is 0 Å². The van der Waals surface area contributed by atoms with Crippen molar-refractivity contribution in [2.45, 2.75) is 48.0 Å². The molecule has 0 unspecified atom stereocenters. The predicted molar refractivity (Wildman–Crippen MR) is 98.4 cm³/mol. The van der Waals surface area contributed by atoms with Crippen molar-refractivity contribution in [3.8, 4) is 0 Å². The molecule has 114 valence electrons. The van der Waals surface area contributed by atoms with E-state index >= 15 is 0 Å². The Morgan fingerprint density at radius 2 is 1.18 bits per heavy atom. The van der Waals surface area contributed by atoms with Gasteiger partial charge in [-0.3, -0.25) is 0 Å². The molecule has 0 heterocycles. The summed E-state index contributed by atoms with van der Waals surface area (Å²) < 4.78 is 0. The van der Waals surface area contributed by atoms with E-state index in [4.69, 9.17) is 0 Å². The standard InChI is InChI=1S/C22H27/c1-14-10-17(4)21(18(5)11-14)9-8-16(3)22-19(6)12-15(2)13-20(22)7/h9-13H,3,8H2,1-2,4-7H3/q+1. The number of allylic oxidation sites excluding steroid dienone is 1. The zero-order valence-electron chi connectivity index (χ0n) is 14.8. The van der Waals surface area contributed by atoms with Crippen LogP contribution in [0.2, 0.25) is 0 Å². The Morgan fingerprint density at radius 1 is 0.773 bits per heavy atom. The molecule has 0 aliphatic carbocycles. The second-order valence-electron chi connectivity index (χ2n) is 6.60. The molecule has 0 radical (unpaired) electrons. The minimum Gasteiger partial charge on any atom is -0.0937 e. The van der Waals surface area contributed by atoms with Crippen LogP contribution in [0, 0.1) is 48.0 Å². The average Bonchev–Trinajstić information content (AvgIpc) is 2.35. The summed E-state index contributed by atoms with van der Waals surface area (Å²) in [6, 6.07) is 9.00. The van der Waals surface area contributed by atoms with Crippen LogP contribution < -0.4 is 0 Å². The molecule has 0 N–H and O–H groups in total. The Morgan fingerprint density at radius 3 is 1.64 bits per heavy atom. The van der Waals surface area contributed by atoms with Crippen molar-refractivity contribution < 1.29 is 0 Å². The fraction of sp³-hybridized carbons (Fsp3) is 0.318. The molecule has 0 saturated carbocycles. The van der Waals surface area contributed by atoms with E-state index in [1.807, 2.05) is 0 Å². The molecule has 2 aromatic carbocycles. The molecule has 0 nitrogen and oxygen atoms in total. The summed E-state index contributed by atoms with van der Waals surface area (Å²) in [7, 11) is 0. The quantitative estimate of drug-likeness (QED) is 0.589. The van der Waals surface area contributed by atoms with E-state index in [0.717, 1.165) is 6.42 Å². The second-order valence-corrected chi connectivity index (χ2v) is 6.60. The molecule has 22 heavy (non-hydrogen) atoms. The molecule has 0 saturated heterocycles. The van der Waals surface area contributed by atoms with Crippen molar-refractivity contribution in [2.24, 2.45) is 0 Å². The summed E-state index contributed by atoms with van der Waals surface area (Å²) in [5.74, 6) is 0. The van der Waals surface area contributed by atoms with E-state index < -0.39 is 0 Å². The second kappa shape index (κ2) is 6.44. The fourth-order valence-corrected chi connectivity index (χ4v) is 3.58. The largest absolute Gasteiger partial charge is 0.135 e.